The summed E-state index contributed by atoms with van der Waals surface area (Å²) in [5.41, 5.74) is 6.37. The molecule has 3 heterocycles. The van der Waals surface area contributed by atoms with Crippen LogP contribution in [0.2, 0.25) is 0 Å². The summed E-state index contributed by atoms with van der Waals surface area (Å²) in [5.74, 6) is -1.41. The molecule has 11 nitrogen and oxygen atoms in total. The lowest BCUT2D eigenvalue weighted by Crippen LogP contribution is -2.41. The predicted octanol–water partition coefficient (Wildman–Crippen LogP) is 0.600. The number of hydrogen-bond acceptors (Lipinski definition) is 10. The van der Waals surface area contributed by atoms with Gasteiger partial charge < -0.3 is 24.7 Å². The Bertz CT molecular complexity index is 1030. The minimum atomic E-state index is -0.510. The molecule has 1 aliphatic heterocycles. The number of carbonyl (C=O) groups excluding carboxylic acids is 2. The fraction of sp³-hybridized carbons (Fsp3) is 0.316. The normalized spacial score (nSPS) is 14.5. The number of morpholine rings is 1. The average Bonchev–Trinajstić information content (AvgIpc) is 3.41. The highest BCUT2D eigenvalue weighted by Gasteiger charge is 2.26. The lowest BCUT2D eigenvalue weighted by atomic mass is 10.1. The summed E-state index contributed by atoms with van der Waals surface area (Å²) in [7, 11) is 0. The molecule has 2 aromatic heterocycles. The number of anilines is 1. The first-order valence-electron chi connectivity index (χ1n) is 9.40. The number of nitrogen functional groups attached to an aromatic ring is 1. The molecule has 0 saturated carbocycles. The van der Waals surface area contributed by atoms with Crippen LogP contribution in [0.4, 0.5) is 5.69 Å². The van der Waals surface area contributed by atoms with Gasteiger partial charge in [-0.3, -0.25) is 14.5 Å². The van der Waals surface area contributed by atoms with E-state index in [0.717, 1.165) is 13.1 Å². The Kier molecular flexibility index (Phi) is 5.82. The third-order valence-corrected chi connectivity index (χ3v) is 4.61. The average molecular weight is 412 g/mol. The smallest absolute Gasteiger partial charge is 0.308 e. The zero-order valence-electron chi connectivity index (χ0n) is 16.0. The van der Waals surface area contributed by atoms with Crippen LogP contribution in [0.5, 0.6) is 0 Å². The van der Waals surface area contributed by atoms with Crippen molar-refractivity contribution in [1.29, 1.82) is 0 Å². The Morgan fingerprint density at radius 2 is 1.90 bits per heavy atom. The van der Waals surface area contributed by atoms with E-state index in [4.69, 9.17) is 19.4 Å². The van der Waals surface area contributed by atoms with E-state index in [2.05, 4.69) is 25.6 Å². The zero-order chi connectivity index (χ0) is 20.9. The van der Waals surface area contributed by atoms with Gasteiger partial charge >= 0.3 is 11.8 Å². The number of nitrogens with zero attached hydrogens (tertiary/aromatic N) is 4. The van der Waals surface area contributed by atoms with Crippen molar-refractivity contribution in [2.75, 3.05) is 45.1 Å². The highest BCUT2D eigenvalue weighted by Crippen LogP contribution is 2.28. The quantitative estimate of drug-likeness (QED) is 0.528. The predicted molar refractivity (Wildman–Crippen MR) is 104 cm³/mol. The number of nitrogens with one attached hydrogen (secondary N) is 1. The molecule has 4 rings (SSSR count). The summed E-state index contributed by atoms with van der Waals surface area (Å²) in [6.45, 7) is 4.16. The van der Waals surface area contributed by atoms with E-state index >= 15 is 0 Å². The maximum Gasteiger partial charge on any atom is 0.308 e. The van der Waals surface area contributed by atoms with Crippen molar-refractivity contribution in [3.05, 3.63) is 47.5 Å². The highest BCUT2D eigenvalue weighted by atomic mass is 16.5. The van der Waals surface area contributed by atoms with E-state index in [1.165, 1.54) is 0 Å². The Labute approximate surface area is 171 Å². The fourth-order valence-corrected chi connectivity index (χ4v) is 2.97. The van der Waals surface area contributed by atoms with Crippen LogP contribution in [0, 0.1) is 0 Å². The molecule has 11 heteroatoms. The van der Waals surface area contributed by atoms with Crippen molar-refractivity contribution in [2.24, 2.45) is 0 Å². The number of carbonyl (C=O) groups is 2. The lowest BCUT2D eigenvalue weighted by Gasteiger charge is -2.26. The second-order valence-electron chi connectivity index (χ2n) is 6.59. The topological polar surface area (TPSA) is 150 Å². The minimum Gasteiger partial charge on any atom is -0.410 e. The third-order valence-electron chi connectivity index (χ3n) is 4.61. The zero-order valence-corrected chi connectivity index (χ0v) is 16.0. The molecule has 30 heavy (non-hydrogen) atoms. The second kappa shape index (κ2) is 8.84. The van der Waals surface area contributed by atoms with E-state index < -0.39 is 11.7 Å². The molecule has 1 aromatic carbocycles. The third kappa shape index (κ3) is 4.21. The molecule has 0 unspecified atom stereocenters. The number of ketones is 1. The van der Waals surface area contributed by atoms with Gasteiger partial charge in [0.05, 0.1) is 13.2 Å². The fourth-order valence-electron chi connectivity index (χ4n) is 2.97. The highest BCUT2D eigenvalue weighted by molar-refractivity contribution is 6.11. The standard InChI is InChI=1S/C19H20N6O5/c20-13-14(24-30-16(13)15(26)12-4-2-1-3-5-12)18-22-23-19(29-18)17(27)21-6-7-25-8-10-28-11-9-25/h1-5H,6-11,20H2,(H,21,27). The largest absolute Gasteiger partial charge is 0.410 e. The summed E-state index contributed by atoms with van der Waals surface area (Å²) in [5, 5.41) is 14.0. The van der Waals surface area contributed by atoms with Crippen LogP contribution < -0.4 is 11.1 Å². The Morgan fingerprint density at radius 3 is 2.67 bits per heavy atom. The molecular formula is C19H20N6O5. The molecule has 0 radical (unpaired) electrons. The molecule has 0 spiro atoms. The molecule has 3 aromatic rings. The number of amides is 1. The number of nitrogens with two attached hydrogens (primary N) is 1. The van der Waals surface area contributed by atoms with Gasteiger partial charge in [0, 0.05) is 31.7 Å². The Balaban J connectivity index is 1.40. The summed E-state index contributed by atoms with van der Waals surface area (Å²) in [6, 6.07) is 8.51. The molecule has 1 aliphatic rings. The Hall–Kier alpha value is -3.57. The van der Waals surface area contributed by atoms with Crippen molar-refractivity contribution in [3.63, 3.8) is 0 Å². The van der Waals surface area contributed by atoms with E-state index in [0.29, 0.717) is 31.9 Å². The van der Waals surface area contributed by atoms with E-state index in [1.54, 1.807) is 30.3 Å². The van der Waals surface area contributed by atoms with Crippen LogP contribution in [-0.4, -0.2) is 71.3 Å². The first-order chi connectivity index (χ1) is 14.6. The first-order valence-corrected chi connectivity index (χ1v) is 9.40. The van der Waals surface area contributed by atoms with Gasteiger partial charge in [-0.15, -0.1) is 10.2 Å². The van der Waals surface area contributed by atoms with Gasteiger partial charge in [-0.05, 0) is 0 Å². The molecule has 1 amide bonds. The van der Waals surface area contributed by atoms with E-state index in [-0.39, 0.29) is 28.9 Å². The molecule has 0 bridgehead atoms. The van der Waals surface area contributed by atoms with Crippen LogP contribution >= 0.6 is 0 Å². The van der Waals surface area contributed by atoms with Crippen molar-refractivity contribution in [2.45, 2.75) is 0 Å². The molecule has 3 N–H and O–H groups in total. The lowest BCUT2D eigenvalue weighted by molar-refractivity contribution is 0.0382. The van der Waals surface area contributed by atoms with Crippen LogP contribution in [-0.2, 0) is 4.74 Å². The van der Waals surface area contributed by atoms with Crippen molar-refractivity contribution in [1.82, 2.24) is 25.6 Å². The molecular weight excluding hydrogens is 392 g/mol. The van der Waals surface area contributed by atoms with Crippen LogP contribution in [0.3, 0.4) is 0 Å². The number of rotatable bonds is 7. The van der Waals surface area contributed by atoms with Crippen LogP contribution in [0.15, 0.2) is 39.3 Å². The number of hydrogen-bond donors (Lipinski definition) is 2. The summed E-state index contributed by atoms with van der Waals surface area (Å²) >= 11 is 0. The number of aromatic nitrogens is 3. The van der Waals surface area contributed by atoms with Gasteiger partial charge in [-0.2, -0.15) is 0 Å². The minimum absolute atomic E-state index is 0.00847. The molecule has 1 fully saturated rings. The Morgan fingerprint density at radius 1 is 1.13 bits per heavy atom. The van der Waals surface area contributed by atoms with Crippen molar-refractivity contribution < 1.29 is 23.3 Å². The van der Waals surface area contributed by atoms with E-state index in [9.17, 15) is 9.59 Å². The van der Waals surface area contributed by atoms with Crippen LogP contribution in [0.25, 0.3) is 11.6 Å². The summed E-state index contributed by atoms with van der Waals surface area (Å²) < 4.78 is 15.8. The summed E-state index contributed by atoms with van der Waals surface area (Å²) in [4.78, 5) is 26.9. The van der Waals surface area contributed by atoms with Crippen LogP contribution in [0.1, 0.15) is 26.8 Å². The summed E-state index contributed by atoms with van der Waals surface area (Å²) in [6.07, 6.45) is 0. The molecule has 1 saturated heterocycles. The SMILES string of the molecule is Nc1c(-c2nnc(C(=O)NCCN3CCOCC3)o2)noc1C(=O)c1ccccc1. The van der Waals surface area contributed by atoms with Gasteiger partial charge in [-0.1, -0.05) is 35.5 Å². The monoisotopic (exact) mass is 412 g/mol. The molecule has 0 aliphatic carbocycles. The van der Waals surface area contributed by atoms with E-state index in [1.807, 2.05) is 0 Å². The van der Waals surface area contributed by atoms with Crippen molar-refractivity contribution in [3.8, 4) is 11.6 Å². The second-order valence-corrected chi connectivity index (χ2v) is 6.59. The molecule has 156 valence electrons. The van der Waals surface area contributed by atoms with Gasteiger partial charge in [0.1, 0.15) is 5.69 Å². The number of benzene rings is 1. The van der Waals surface area contributed by atoms with Gasteiger partial charge in [0.2, 0.25) is 11.5 Å². The molecule has 0 atom stereocenters. The first kappa shape index (κ1) is 19.7. The maximum absolute atomic E-state index is 12.5. The van der Waals surface area contributed by atoms with Gasteiger partial charge in [0.15, 0.2) is 5.69 Å². The number of ether oxygens (including phenoxy) is 1. The maximum atomic E-state index is 12.5. The van der Waals surface area contributed by atoms with Crippen molar-refractivity contribution >= 4 is 17.4 Å². The van der Waals surface area contributed by atoms with Gasteiger partial charge in [-0.25, -0.2) is 0 Å². The van der Waals surface area contributed by atoms with Gasteiger partial charge in [0.25, 0.3) is 5.89 Å².